The first-order valence-electron chi connectivity index (χ1n) is 7.94. The van der Waals surface area contributed by atoms with Gasteiger partial charge in [0.2, 0.25) is 0 Å². The Hall–Kier alpha value is -2.66. The molecule has 0 aliphatic heterocycles. The molecule has 0 atom stereocenters. The summed E-state index contributed by atoms with van der Waals surface area (Å²) in [5, 5.41) is 0.569. The van der Waals surface area contributed by atoms with Crippen molar-refractivity contribution in [3.8, 4) is 11.3 Å². The molecule has 0 amide bonds. The largest absolute Gasteiger partial charge is 0.302 e. The Kier molecular flexibility index (Phi) is 3.62. The van der Waals surface area contributed by atoms with Crippen LogP contribution in [0.4, 0.5) is 4.39 Å². The van der Waals surface area contributed by atoms with Gasteiger partial charge in [0.05, 0.1) is 11.0 Å². The Morgan fingerprint density at radius 3 is 2.48 bits per heavy atom. The molecule has 0 unspecified atom stereocenters. The fourth-order valence-corrected chi connectivity index (χ4v) is 3.35. The quantitative estimate of drug-likeness (QED) is 0.523. The van der Waals surface area contributed by atoms with Crippen LogP contribution in [-0.4, -0.2) is 14.0 Å². The predicted octanol–water partition coefficient (Wildman–Crippen LogP) is 4.69. The Labute approximate surface area is 148 Å². The monoisotopic (exact) mass is 355 g/mol. The van der Waals surface area contributed by atoms with Gasteiger partial charge in [0.1, 0.15) is 23.4 Å². The number of hydrogen-bond donors (Lipinski definition) is 0. The molecule has 126 valence electrons. The highest BCUT2D eigenvalue weighted by molar-refractivity contribution is 6.31. The molecule has 0 saturated heterocycles. The lowest BCUT2D eigenvalue weighted by atomic mass is 10.1. The van der Waals surface area contributed by atoms with E-state index in [1.165, 1.54) is 12.1 Å². The molecule has 0 bridgehead atoms. The van der Waals surface area contributed by atoms with Crippen molar-refractivity contribution in [2.24, 2.45) is 0 Å². The third-order valence-corrected chi connectivity index (χ3v) is 4.51. The van der Waals surface area contributed by atoms with Gasteiger partial charge in [-0.15, -0.1) is 0 Å². The molecule has 4 rings (SSSR count). The second-order valence-corrected chi connectivity index (χ2v) is 6.66. The minimum atomic E-state index is -0.327. The average Bonchev–Trinajstić information content (AvgIpc) is 3.00. The number of nitrogens with zero attached hydrogens (tertiary/aromatic N) is 3. The van der Waals surface area contributed by atoms with Gasteiger partial charge in [-0.3, -0.25) is 9.20 Å². The van der Waals surface area contributed by atoms with Gasteiger partial charge in [0, 0.05) is 16.6 Å². The standard InChI is InChI=1S/C19H15ClFN3O/c1-11(2)24-16-9-13(20)5-8-15(16)23-10-22-17(18(23)19(24)25)12-3-6-14(21)7-4-12/h3-11H,1-2H3. The Morgan fingerprint density at radius 1 is 1.08 bits per heavy atom. The van der Waals surface area contributed by atoms with Crippen LogP contribution in [-0.2, 0) is 0 Å². The van der Waals surface area contributed by atoms with Gasteiger partial charge in [0.25, 0.3) is 5.56 Å². The maximum atomic E-state index is 13.2. The van der Waals surface area contributed by atoms with Gasteiger partial charge in [-0.05, 0) is 56.3 Å². The van der Waals surface area contributed by atoms with Crippen LogP contribution in [0.1, 0.15) is 19.9 Å². The molecule has 0 radical (unpaired) electrons. The normalized spacial score (nSPS) is 11.7. The molecule has 4 aromatic rings. The number of rotatable bonds is 2. The van der Waals surface area contributed by atoms with Crippen molar-refractivity contribution in [3.63, 3.8) is 0 Å². The van der Waals surface area contributed by atoms with Crippen LogP contribution in [0.2, 0.25) is 5.02 Å². The molecule has 0 N–H and O–H groups in total. The number of imidazole rings is 1. The summed E-state index contributed by atoms with van der Waals surface area (Å²) in [6.45, 7) is 3.90. The second-order valence-electron chi connectivity index (χ2n) is 6.22. The fourth-order valence-electron chi connectivity index (χ4n) is 3.18. The van der Waals surface area contributed by atoms with Crippen molar-refractivity contribution < 1.29 is 4.39 Å². The van der Waals surface area contributed by atoms with Crippen LogP contribution in [0, 0.1) is 5.82 Å². The van der Waals surface area contributed by atoms with E-state index in [0.29, 0.717) is 21.8 Å². The SMILES string of the molecule is CC(C)n1c(=O)c2c(-c3ccc(F)cc3)ncn2c2ccc(Cl)cc21. The van der Waals surface area contributed by atoms with Gasteiger partial charge >= 0.3 is 0 Å². The van der Waals surface area contributed by atoms with E-state index in [1.54, 1.807) is 39.6 Å². The van der Waals surface area contributed by atoms with E-state index >= 15 is 0 Å². The number of fused-ring (bicyclic) bond motifs is 3. The van der Waals surface area contributed by atoms with Gasteiger partial charge < -0.3 is 4.57 Å². The highest BCUT2D eigenvalue weighted by Crippen LogP contribution is 2.27. The van der Waals surface area contributed by atoms with Crippen molar-refractivity contribution in [1.29, 1.82) is 0 Å². The molecule has 0 aliphatic rings. The van der Waals surface area contributed by atoms with E-state index in [4.69, 9.17) is 11.6 Å². The summed E-state index contributed by atoms with van der Waals surface area (Å²) in [5.41, 5.74) is 3.15. The van der Waals surface area contributed by atoms with Crippen molar-refractivity contribution in [3.05, 3.63) is 70.0 Å². The van der Waals surface area contributed by atoms with E-state index in [-0.39, 0.29) is 17.4 Å². The Bertz CT molecular complexity index is 1160. The van der Waals surface area contributed by atoms with E-state index in [9.17, 15) is 9.18 Å². The first-order chi connectivity index (χ1) is 12.0. The minimum Gasteiger partial charge on any atom is -0.302 e. The molecule has 0 aliphatic carbocycles. The lowest BCUT2D eigenvalue weighted by molar-refractivity contribution is 0.601. The molecular weight excluding hydrogens is 341 g/mol. The van der Waals surface area contributed by atoms with Crippen molar-refractivity contribution >= 4 is 28.2 Å². The van der Waals surface area contributed by atoms with Crippen molar-refractivity contribution in [2.75, 3.05) is 0 Å². The average molecular weight is 356 g/mol. The Morgan fingerprint density at radius 2 is 1.80 bits per heavy atom. The third-order valence-electron chi connectivity index (χ3n) is 4.28. The lowest BCUT2D eigenvalue weighted by Crippen LogP contribution is -2.24. The molecule has 0 spiro atoms. The summed E-state index contributed by atoms with van der Waals surface area (Å²) in [6, 6.07) is 11.4. The van der Waals surface area contributed by atoms with Gasteiger partial charge in [-0.25, -0.2) is 9.37 Å². The van der Waals surface area contributed by atoms with Crippen LogP contribution < -0.4 is 5.56 Å². The Balaban J connectivity index is 2.17. The van der Waals surface area contributed by atoms with E-state index in [0.717, 1.165) is 11.0 Å². The minimum absolute atomic E-state index is 0.0468. The topological polar surface area (TPSA) is 39.3 Å². The highest BCUT2D eigenvalue weighted by atomic mass is 35.5. The zero-order valence-electron chi connectivity index (χ0n) is 13.7. The van der Waals surface area contributed by atoms with E-state index in [2.05, 4.69) is 4.98 Å². The highest BCUT2D eigenvalue weighted by Gasteiger charge is 2.18. The summed E-state index contributed by atoms with van der Waals surface area (Å²) >= 11 is 6.14. The zero-order chi connectivity index (χ0) is 17.7. The van der Waals surface area contributed by atoms with Gasteiger partial charge in [-0.2, -0.15) is 0 Å². The molecule has 0 saturated carbocycles. The molecule has 25 heavy (non-hydrogen) atoms. The van der Waals surface area contributed by atoms with Crippen molar-refractivity contribution in [2.45, 2.75) is 19.9 Å². The van der Waals surface area contributed by atoms with Crippen LogP contribution >= 0.6 is 11.6 Å². The van der Waals surface area contributed by atoms with Crippen LogP contribution in [0.3, 0.4) is 0 Å². The number of hydrogen-bond acceptors (Lipinski definition) is 2. The van der Waals surface area contributed by atoms with Crippen LogP contribution in [0.25, 0.3) is 27.8 Å². The maximum Gasteiger partial charge on any atom is 0.277 e. The molecule has 2 heterocycles. The first kappa shape index (κ1) is 15.8. The summed E-state index contributed by atoms with van der Waals surface area (Å²) in [7, 11) is 0. The molecular formula is C19H15ClFN3O. The predicted molar refractivity (Wildman–Crippen MR) is 97.7 cm³/mol. The summed E-state index contributed by atoms with van der Waals surface area (Å²) in [5.74, 6) is -0.327. The lowest BCUT2D eigenvalue weighted by Gasteiger charge is -2.16. The zero-order valence-corrected chi connectivity index (χ0v) is 14.5. The second kappa shape index (κ2) is 5.70. The number of halogens is 2. The summed E-state index contributed by atoms with van der Waals surface area (Å²) in [4.78, 5) is 17.6. The molecule has 2 aromatic heterocycles. The molecule has 6 heteroatoms. The molecule has 0 fully saturated rings. The fraction of sp³-hybridized carbons (Fsp3) is 0.158. The first-order valence-corrected chi connectivity index (χ1v) is 8.32. The number of aromatic nitrogens is 3. The van der Waals surface area contributed by atoms with E-state index < -0.39 is 0 Å². The number of benzene rings is 2. The van der Waals surface area contributed by atoms with Crippen LogP contribution in [0.5, 0.6) is 0 Å². The van der Waals surface area contributed by atoms with Crippen molar-refractivity contribution in [1.82, 2.24) is 14.0 Å². The van der Waals surface area contributed by atoms with E-state index in [1.807, 2.05) is 19.9 Å². The van der Waals surface area contributed by atoms with Gasteiger partial charge in [0.15, 0.2) is 0 Å². The maximum absolute atomic E-state index is 13.2. The van der Waals surface area contributed by atoms with Crippen LogP contribution in [0.15, 0.2) is 53.6 Å². The van der Waals surface area contributed by atoms with Gasteiger partial charge in [-0.1, -0.05) is 11.6 Å². The molecule has 2 aromatic carbocycles. The summed E-state index contributed by atoms with van der Waals surface area (Å²) in [6.07, 6.45) is 1.62. The molecule has 4 nitrogen and oxygen atoms in total. The summed E-state index contributed by atoms with van der Waals surface area (Å²) < 4.78 is 16.7. The third kappa shape index (κ3) is 2.43. The smallest absolute Gasteiger partial charge is 0.277 e.